The second-order valence-electron chi connectivity index (χ2n) is 5.55. The SMILES string of the molecule is COc1cccc(/C=C/C(=O)OCc2cccc3c2CCOC3=O)c1. The van der Waals surface area contributed by atoms with Crippen molar-refractivity contribution >= 4 is 18.0 Å². The number of esters is 2. The number of ether oxygens (including phenoxy) is 3. The number of hydrogen-bond donors (Lipinski definition) is 0. The van der Waals surface area contributed by atoms with Gasteiger partial charge in [0, 0.05) is 12.5 Å². The predicted molar refractivity (Wildman–Crippen MR) is 92.3 cm³/mol. The van der Waals surface area contributed by atoms with Crippen LogP contribution in [0, 0.1) is 0 Å². The third-order valence-electron chi connectivity index (χ3n) is 3.95. The lowest BCUT2D eigenvalue weighted by molar-refractivity contribution is -0.138. The summed E-state index contributed by atoms with van der Waals surface area (Å²) in [6.07, 6.45) is 3.68. The van der Waals surface area contributed by atoms with Gasteiger partial charge in [-0.25, -0.2) is 9.59 Å². The van der Waals surface area contributed by atoms with Gasteiger partial charge in [0.25, 0.3) is 0 Å². The average Bonchev–Trinajstić information content (AvgIpc) is 2.65. The molecule has 25 heavy (non-hydrogen) atoms. The highest BCUT2D eigenvalue weighted by atomic mass is 16.5. The predicted octanol–water partition coefficient (Wildman–Crippen LogP) is 3.16. The summed E-state index contributed by atoms with van der Waals surface area (Å²) in [4.78, 5) is 23.7. The molecule has 0 bridgehead atoms. The van der Waals surface area contributed by atoms with Crippen LogP contribution in [-0.2, 0) is 27.3 Å². The van der Waals surface area contributed by atoms with Crippen molar-refractivity contribution in [2.75, 3.05) is 13.7 Å². The van der Waals surface area contributed by atoms with Crippen molar-refractivity contribution in [1.29, 1.82) is 0 Å². The van der Waals surface area contributed by atoms with Gasteiger partial charge in [0.15, 0.2) is 0 Å². The Balaban J connectivity index is 1.64. The van der Waals surface area contributed by atoms with Gasteiger partial charge < -0.3 is 14.2 Å². The minimum Gasteiger partial charge on any atom is -0.497 e. The Morgan fingerprint density at radius 1 is 1.24 bits per heavy atom. The first-order valence-electron chi connectivity index (χ1n) is 7.94. The van der Waals surface area contributed by atoms with Crippen LogP contribution in [-0.4, -0.2) is 25.7 Å². The Kier molecular flexibility index (Phi) is 5.14. The number of rotatable bonds is 5. The molecule has 0 amide bonds. The van der Waals surface area contributed by atoms with Crippen LogP contribution < -0.4 is 4.74 Å². The van der Waals surface area contributed by atoms with E-state index in [4.69, 9.17) is 14.2 Å². The maximum atomic E-state index is 11.9. The first-order valence-corrected chi connectivity index (χ1v) is 7.94. The van der Waals surface area contributed by atoms with E-state index in [2.05, 4.69) is 0 Å². The van der Waals surface area contributed by atoms with Crippen molar-refractivity contribution < 1.29 is 23.8 Å². The van der Waals surface area contributed by atoms with E-state index in [0.717, 1.165) is 22.4 Å². The fourth-order valence-corrected chi connectivity index (χ4v) is 2.69. The van der Waals surface area contributed by atoms with E-state index >= 15 is 0 Å². The number of methoxy groups -OCH3 is 1. The lowest BCUT2D eigenvalue weighted by Crippen LogP contribution is -2.19. The third kappa shape index (κ3) is 4.07. The largest absolute Gasteiger partial charge is 0.497 e. The summed E-state index contributed by atoms with van der Waals surface area (Å²) < 4.78 is 15.5. The van der Waals surface area contributed by atoms with Crippen LogP contribution in [0.25, 0.3) is 6.08 Å². The highest BCUT2D eigenvalue weighted by Crippen LogP contribution is 2.21. The molecule has 5 nitrogen and oxygen atoms in total. The minimum absolute atomic E-state index is 0.123. The molecule has 0 radical (unpaired) electrons. The normalized spacial score (nSPS) is 13.2. The lowest BCUT2D eigenvalue weighted by Gasteiger charge is -2.18. The van der Waals surface area contributed by atoms with Crippen molar-refractivity contribution in [3.63, 3.8) is 0 Å². The molecule has 0 aliphatic carbocycles. The van der Waals surface area contributed by atoms with Crippen LogP contribution in [0.5, 0.6) is 5.75 Å². The molecular weight excluding hydrogens is 320 g/mol. The highest BCUT2D eigenvalue weighted by Gasteiger charge is 2.21. The number of carbonyl (C=O) groups excluding carboxylic acids is 2. The zero-order valence-electron chi connectivity index (χ0n) is 13.9. The molecule has 1 aliphatic heterocycles. The second kappa shape index (κ2) is 7.66. The summed E-state index contributed by atoms with van der Waals surface area (Å²) in [5.74, 6) is -0.0514. The fourth-order valence-electron chi connectivity index (χ4n) is 2.69. The van der Waals surface area contributed by atoms with Gasteiger partial charge in [-0.2, -0.15) is 0 Å². The molecule has 1 aliphatic rings. The standard InChI is InChI=1S/C20H18O5/c1-23-16-6-2-4-14(12-16)8-9-19(21)25-13-15-5-3-7-18-17(15)10-11-24-20(18)22/h2-9,12H,10-11,13H2,1H3/b9-8+. The Hall–Kier alpha value is -3.08. The van der Waals surface area contributed by atoms with Crippen molar-refractivity contribution in [3.05, 3.63) is 70.8 Å². The van der Waals surface area contributed by atoms with E-state index in [1.807, 2.05) is 30.3 Å². The summed E-state index contributed by atoms with van der Waals surface area (Å²) in [7, 11) is 1.59. The van der Waals surface area contributed by atoms with Gasteiger partial charge in [-0.3, -0.25) is 0 Å². The lowest BCUT2D eigenvalue weighted by atomic mass is 9.97. The van der Waals surface area contributed by atoms with Crippen LogP contribution in [0.2, 0.25) is 0 Å². The van der Waals surface area contributed by atoms with E-state index in [0.29, 0.717) is 18.6 Å². The number of carbonyl (C=O) groups is 2. The van der Waals surface area contributed by atoms with E-state index in [9.17, 15) is 9.59 Å². The van der Waals surface area contributed by atoms with Gasteiger partial charge in [-0.05, 0) is 41.0 Å². The van der Waals surface area contributed by atoms with Crippen LogP contribution >= 0.6 is 0 Å². The van der Waals surface area contributed by atoms with Gasteiger partial charge in [0.05, 0.1) is 19.3 Å². The summed E-state index contributed by atoms with van der Waals surface area (Å²) in [6.45, 7) is 0.476. The number of hydrogen-bond acceptors (Lipinski definition) is 5. The topological polar surface area (TPSA) is 61.8 Å². The average molecular weight is 338 g/mol. The van der Waals surface area contributed by atoms with Crippen LogP contribution in [0.4, 0.5) is 0 Å². The Bertz CT molecular complexity index is 823. The molecule has 0 fully saturated rings. The van der Waals surface area contributed by atoms with Gasteiger partial charge >= 0.3 is 11.9 Å². The van der Waals surface area contributed by atoms with Crippen molar-refractivity contribution in [3.8, 4) is 5.75 Å². The molecule has 0 N–H and O–H groups in total. The van der Waals surface area contributed by atoms with Gasteiger partial charge in [-0.1, -0.05) is 24.3 Å². The van der Waals surface area contributed by atoms with Crippen molar-refractivity contribution in [2.45, 2.75) is 13.0 Å². The maximum absolute atomic E-state index is 11.9. The molecule has 2 aromatic carbocycles. The minimum atomic E-state index is -0.446. The molecule has 0 unspecified atom stereocenters. The molecule has 2 aromatic rings. The third-order valence-corrected chi connectivity index (χ3v) is 3.95. The molecule has 1 heterocycles. The van der Waals surface area contributed by atoms with Crippen LogP contribution in [0.3, 0.4) is 0 Å². The number of benzene rings is 2. The maximum Gasteiger partial charge on any atom is 0.338 e. The van der Waals surface area contributed by atoms with E-state index < -0.39 is 5.97 Å². The van der Waals surface area contributed by atoms with E-state index in [1.165, 1.54) is 6.08 Å². The molecule has 0 spiro atoms. The number of cyclic esters (lactones) is 1. The quantitative estimate of drug-likeness (QED) is 0.619. The van der Waals surface area contributed by atoms with Crippen molar-refractivity contribution in [2.24, 2.45) is 0 Å². The summed E-state index contributed by atoms with van der Waals surface area (Å²) in [6, 6.07) is 12.7. The highest BCUT2D eigenvalue weighted by molar-refractivity contribution is 5.92. The monoisotopic (exact) mass is 338 g/mol. The van der Waals surface area contributed by atoms with Crippen molar-refractivity contribution in [1.82, 2.24) is 0 Å². The summed E-state index contributed by atoms with van der Waals surface area (Å²) in [5, 5.41) is 0. The molecular formula is C20H18O5. The zero-order chi connectivity index (χ0) is 17.6. The molecule has 5 heteroatoms. The Morgan fingerprint density at radius 3 is 2.92 bits per heavy atom. The van der Waals surface area contributed by atoms with Gasteiger partial charge in [0.1, 0.15) is 12.4 Å². The van der Waals surface area contributed by atoms with E-state index in [1.54, 1.807) is 25.3 Å². The van der Waals surface area contributed by atoms with Crippen LogP contribution in [0.1, 0.15) is 27.0 Å². The fraction of sp³-hybridized carbons (Fsp3) is 0.200. The molecule has 3 rings (SSSR count). The zero-order valence-corrected chi connectivity index (χ0v) is 13.9. The summed E-state index contributed by atoms with van der Waals surface area (Å²) in [5.41, 5.74) is 3.11. The first kappa shape index (κ1) is 16.8. The Morgan fingerprint density at radius 2 is 2.08 bits per heavy atom. The first-order chi connectivity index (χ1) is 12.2. The molecule has 0 atom stereocenters. The molecule has 0 saturated heterocycles. The smallest absolute Gasteiger partial charge is 0.338 e. The van der Waals surface area contributed by atoms with Crippen LogP contribution in [0.15, 0.2) is 48.5 Å². The van der Waals surface area contributed by atoms with E-state index in [-0.39, 0.29) is 12.6 Å². The molecule has 128 valence electrons. The van der Waals surface area contributed by atoms with Gasteiger partial charge in [0.2, 0.25) is 0 Å². The van der Waals surface area contributed by atoms with Gasteiger partial charge in [-0.15, -0.1) is 0 Å². The Labute approximate surface area is 145 Å². The number of fused-ring (bicyclic) bond motifs is 1. The molecule has 0 saturated carbocycles. The molecule has 0 aromatic heterocycles. The summed E-state index contributed by atoms with van der Waals surface area (Å²) >= 11 is 0. The second-order valence-corrected chi connectivity index (χ2v) is 5.55.